The number of aliphatic carboxylic acids is 1. The molecule has 0 bridgehead atoms. The Bertz CT molecular complexity index is 428. The van der Waals surface area contributed by atoms with Gasteiger partial charge in [0.2, 0.25) is 11.8 Å². The number of carboxylic acid groups (broad SMARTS) is 1. The highest BCUT2D eigenvalue weighted by atomic mass is 16.4. The molecule has 2 atom stereocenters. The third-order valence-electron chi connectivity index (χ3n) is 4.45. The number of rotatable bonds is 7. The minimum absolute atomic E-state index is 0.0295. The van der Waals surface area contributed by atoms with Crippen molar-refractivity contribution in [3.05, 3.63) is 0 Å². The monoisotopic (exact) mass is 326 g/mol. The number of amides is 2. The van der Waals surface area contributed by atoms with Gasteiger partial charge < -0.3 is 15.7 Å². The Morgan fingerprint density at radius 1 is 0.870 bits per heavy atom. The summed E-state index contributed by atoms with van der Waals surface area (Å²) in [6, 6.07) is -1.65. The summed E-state index contributed by atoms with van der Waals surface area (Å²) in [6.45, 7) is 7.17. The summed E-state index contributed by atoms with van der Waals surface area (Å²) in [4.78, 5) is 36.0. The van der Waals surface area contributed by atoms with Crippen molar-refractivity contribution in [1.82, 2.24) is 10.6 Å². The van der Waals surface area contributed by atoms with Gasteiger partial charge in [0.1, 0.15) is 12.1 Å². The zero-order valence-electron chi connectivity index (χ0n) is 14.6. The zero-order valence-corrected chi connectivity index (χ0v) is 14.6. The third kappa shape index (κ3) is 5.84. The molecule has 1 saturated carbocycles. The van der Waals surface area contributed by atoms with Crippen molar-refractivity contribution in [2.75, 3.05) is 0 Å². The second-order valence-electron chi connectivity index (χ2n) is 7.13. The Labute approximate surface area is 138 Å². The predicted molar refractivity (Wildman–Crippen MR) is 87.7 cm³/mol. The Balaban J connectivity index is 2.70. The van der Waals surface area contributed by atoms with Crippen LogP contribution < -0.4 is 10.6 Å². The van der Waals surface area contributed by atoms with Crippen LogP contribution in [0.3, 0.4) is 0 Å². The molecule has 0 aliphatic heterocycles. The van der Waals surface area contributed by atoms with Gasteiger partial charge in [0.05, 0.1) is 0 Å². The van der Waals surface area contributed by atoms with Crippen LogP contribution >= 0.6 is 0 Å². The molecule has 6 nitrogen and oxygen atoms in total. The standard InChI is InChI=1S/C17H30N2O4/c1-10(2)13(16(21)19-14(11(3)4)17(22)23)18-15(20)12-8-6-5-7-9-12/h10-14H,5-9H2,1-4H3,(H,18,20)(H,19,21)(H,22,23)/t13-,14-/m0/s1. The maximum atomic E-state index is 12.4. The van der Waals surface area contributed by atoms with E-state index in [1.165, 1.54) is 0 Å². The lowest BCUT2D eigenvalue weighted by atomic mass is 9.88. The van der Waals surface area contributed by atoms with Gasteiger partial charge in [-0.2, -0.15) is 0 Å². The van der Waals surface area contributed by atoms with Gasteiger partial charge in [-0.1, -0.05) is 47.0 Å². The fourth-order valence-corrected chi connectivity index (χ4v) is 2.93. The number of nitrogens with one attached hydrogen (secondary N) is 2. The largest absolute Gasteiger partial charge is 0.480 e. The molecule has 0 spiro atoms. The molecular weight excluding hydrogens is 296 g/mol. The van der Waals surface area contributed by atoms with Gasteiger partial charge in [-0.05, 0) is 24.7 Å². The molecule has 1 fully saturated rings. The normalized spacial score (nSPS) is 18.5. The number of hydrogen-bond donors (Lipinski definition) is 3. The molecule has 2 amide bonds. The quantitative estimate of drug-likeness (QED) is 0.666. The first-order valence-electron chi connectivity index (χ1n) is 8.57. The summed E-state index contributed by atoms with van der Waals surface area (Å²) >= 11 is 0. The highest BCUT2D eigenvalue weighted by Gasteiger charge is 2.32. The summed E-state index contributed by atoms with van der Waals surface area (Å²) in [5.74, 6) is -1.93. The predicted octanol–water partition coefficient (Wildman–Crippen LogP) is 1.93. The Hall–Kier alpha value is -1.59. The smallest absolute Gasteiger partial charge is 0.326 e. The molecule has 1 rings (SSSR count). The van der Waals surface area contributed by atoms with Gasteiger partial charge in [-0.3, -0.25) is 9.59 Å². The Morgan fingerprint density at radius 3 is 1.83 bits per heavy atom. The van der Waals surface area contributed by atoms with Crippen LogP contribution in [-0.2, 0) is 14.4 Å². The van der Waals surface area contributed by atoms with E-state index in [1.807, 2.05) is 13.8 Å². The number of carbonyl (C=O) groups excluding carboxylic acids is 2. The van der Waals surface area contributed by atoms with Crippen molar-refractivity contribution < 1.29 is 19.5 Å². The van der Waals surface area contributed by atoms with Crippen LogP contribution in [0.2, 0.25) is 0 Å². The topological polar surface area (TPSA) is 95.5 Å². The summed E-state index contributed by atoms with van der Waals surface area (Å²) in [6.07, 6.45) is 4.98. The summed E-state index contributed by atoms with van der Waals surface area (Å²) in [5.41, 5.74) is 0. The number of carbonyl (C=O) groups is 3. The minimum atomic E-state index is -1.06. The zero-order chi connectivity index (χ0) is 17.6. The first-order chi connectivity index (χ1) is 10.7. The van der Waals surface area contributed by atoms with E-state index in [1.54, 1.807) is 13.8 Å². The highest BCUT2D eigenvalue weighted by Crippen LogP contribution is 2.24. The third-order valence-corrected chi connectivity index (χ3v) is 4.45. The first kappa shape index (κ1) is 19.5. The van der Waals surface area contributed by atoms with Crippen molar-refractivity contribution in [3.8, 4) is 0 Å². The molecule has 3 N–H and O–H groups in total. The van der Waals surface area contributed by atoms with Crippen molar-refractivity contribution in [2.24, 2.45) is 17.8 Å². The van der Waals surface area contributed by atoms with E-state index in [4.69, 9.17) is 0 Å². The van der Waals surface area contributed by atoms with E-state index in [2.05, 4.69) is 10.6 Å². The molecule has 132 valence electrons. The average molecular weight is 326 g/mol. The number of carboxylic acids is 1. The molecule has 0 heterocycles. The fraction of sp³-hybridized carbons (Fsp3) is 0.824. The van der Waals surface area contributed by atoms with Crippen LogP contribution in [0.1, 0.15) is 59.8 Å². The van der Waals surface area contributed by atoms with Gasteiger partial charge in [0, 0.05) is 5.92 Å². The van der Waals surface area contributed by atoms with Crippen molar-refractivity contribution >= 4 is 17.8 Å². The molecule has 0 unspecified atom stereocenters. The van der Waals surface area contributed by atoms with Crippen LogP contribution in [0.5, 0.6) is 0 Å². The SMILES string of the molecule is CC(C)[C@H](NC(=O)[C@@H](NC(=O)C1CCCCC1)C(C)C)C(=O)O. The average Bonchev–Trinajstić information content (AvgIpc) is 2.49. The van der Waals surface area contributed by atoms with Crippen molar-refractivity contribution in [1.29, 1.82) is 0 Å². The van der Waals surface area contributed by atoms with Crippen LogP contribution in [0.25, 0.3) is 0 Å². The lowest BCUT2D eigenvalue weighted by Gasteiger charge is -2.28. The first-order valence-corrected chi connectivity index (χ1v) is 8.57. The maximum Gasteiger partial charge on any atom is 0.326 e. The van der Waals surface area contributed by atoms with Crippen molar-refractivity contribution in [3.63, 3.8) is 0 Å². The molecule has 6 heteroatoms. The molecule has 1 aliphatic rings. The maximum absolute atomic E-state index is 12.4. The van der Waals surface area contributed by atoms with Gasteiger partial charge in [0.15, 0.2) is 0 Å². The van der Waals surface area contributed by atoms with Gasteiger partial charge >= 0.3 is 5.97 Å². The highest BCUT2D eigenvalue weighted by molar-refractivity contribution is 5.91. The molecular formula is C17H30N2O4. The van der Waals surface area contributed by atoms with Gasteiger partial charge in [0.25, 0.3) is 0 Å². The molecule has 0 saturated heterocycles. The fourth-order valence-electron chi connectivity index (χ4n) is 2.93. The van der Waals surface area contributed by atoms with E-state index >= 15 is 0 Å². The van der Waals surface area contributed by atoms with E-state index in [9.17, 15) is 19.5 Å². The van der Waals surface area contributed by atoms with Gasteiger partial charge in [-0.25, -0.2) is 4.79 Å². The summed E-state index contributed by atoms with van der Waals surface area (Å²) in [5, 5.41) is 14.6. The van der Waals surface area contributed by atoms with E-state index in [0.29, 0.717) is 0 Å². The summed E-state index contributed by atoms with van der Waals surface area (Å²) < 4.78 is 0. The molecule has 23 heavy (non-hydrogen) atoms. The van der Waals surface area contributed by atoms with Crippen LogP contribution in [-0.4, -0.2) is 35.0 Å². The van der Waals surface area contributed by atoms with Crippen LogP contribution in [0, 0.1) is 17.8 Å². The molecule has 0 aromatic rings. The molecule has 0 aromatic heterocycles. The lowest BCUT2D eigenvalue weighted by molar-refractivity contribution is -0.143. The van der Waals surface area contributed by atoms with Crippen LogP contribution in [0.4, 0.5) is 0 Å². The Kier molecular flexibility index (Phi) is 7.52. The summed E-state index contributed by atoms with van der Waals surface area (Å²) in [7, 11) is 0. The van der Waals surface area contributed by atoms with Gasteiger partial charge in [-0.15, -0.1) is 0 Å². The molecule has 0 radical (unpaired) electrons. The minimum Gasteiger partial charge on any atom is -0.480 e. The van der Waals surface area contributed by atoms with E-state index < -0.39 is 24.0 Å². The molecule has 1 aliphatic carbocycles. The second kappa shape index (κ2) is 8.89. The Morgan fingerprint density at radius 2 is 1.39 bits per heavy atom. The molecule has 0 aromatic carbocycles. The van der Waals surface area contributed by atoms with Crippen LogP contribution in [0.15, 0.2) is 0 Å². The van der Waals surface area contributed by atoms with E-state index in [0.717, 1.165) is 32.1 Å². The van der Waals surface area contributed by atoms with Crippen molar-refractivity contribution in [2.45, 2.75) is 71.9 Å². The lowest BCUT2D eigenvalue weighted by Crippen LogP contribution is -2.55. The number of hydrogen-bond acceptors (Lipinski definition) is 3. The second-order valence-corrected chi connectivity index (χ2v) is 7.13. The van der Waals surface area contributed by atoms with E-state index in [-0.39, 0.29) is 23.7 Å².